The topological polar surface area (TPSA) is 61.5 Å². The van der Waals surface area contributed by atoms with Crippen LogP contribution in [-0.2, 0) is 16.7 Å². The van der Waals surface area contributed by atoms with Crippen molar-refractivity contribution in [3.8, 4) is 0 Å². The standard InChI is InChI=1S/C28H36N2O3S/c1-3-5-17-30(18-6-4-2)28-13-12-26-22-25(10-11-27(26)23-28)9-8-24-14-19-29(20-15-24)16-7-21-34(31,32)33/h8-15,19-20,22-23H,3-7,16-18,21H2,1-2H3/p+1. The first kappa shape index (κ1) is 25.9. The first-order valence-electron chi connectivity index (χ1n) is 12.3. The quantitative estimate of drug-likeness (QED) is 0.241. The van der Waals surface area contributed by atoms with Gasteiger partial charge in [0.1, 0.15) is 6.54 Å². The second-order valence-corrected chi connectivity index (χ2v) is 10.4. The lowest BCUT2D eigenvalue weighted by Crippen LogP contribution is -2.33. The van der Waals surface area contributed by atoms with Gasteiger partial charge in [-0.05, 0) is 52.9 Å². The van der Waals surface area contributed by atoms with E-state index in [9.17, 15) is 8.42 Å². The number of unbranched alkanes of at least 4 members (excludes halogenated alkanes) is 2. The lowest BCUT2D eigenvalue weighted by Gasteiger charge is -2.25. The molecule has 0 amide bonds. The number of anilines is 1. The van der Waals surface area contributed by atoms with E-state index in [2.05, 4.69) is 67.3 Å². The van der Waals surface area contributed by atoms with E-state index in [1.54, 1.807) is 0 Å². The van der Waals surface area contributed by atoms with E-state index < -0.39 is 10.1 Å². The van der Waals surface area contributed by atoms with Crippen molar-refractivity contribution >= 4 is 38.7 Å². The van der Waals surface area contributed by atoms with Crippen molar-refractivity contribution in [3.63, 3.8) is 0 Å². The van der Waals surface area contributed by atoms with Gasteiger partial charge in [-0.25, -0.2) is 4.57 Å². The summed E-state index contributed by atoms with van der Waals surface area (Å²) in [6.45, 7) is 7.26. The summed E-state index contributed by atoms with van der Waals surface area (Å²) in [5, 5.41) is 2.50. The largest absolute Gasteiger partial charge is 0.372 e. The Morgan fingerprint density at radius 1 is 0.824 bits per heavy atom. The van der Waals surface area contributed by atoms with E-state index in [-0.39, 0.29) is 5.75 Å². The van der Waals surface area contributed by atoms with Crippen molar-refractivity contribution in [3.05, 3.63) is 72.1 Å². The second-order valence-electron chi connectivity index (χ2n) is 8.83. The van der Waals surface area contributed by atoms with Crippen LogP contribution in [0.5, 0.6) is 0 Å². The van der Waals surface area contributed by atoms with Crippen LogP contribution in [0.15, 0.2) is 60.9 Å². The maximum Gasteiger partial charge on any atom is 0.265 e. The van der Waals surface area contributed by atoms with Crippen molar-refractivity contribution in [2.24, 2.45) is 0 Å². The average Bonchev–Trinajstić information content (AvgIpc) is 2.82. The molecule has 5 nitrogen and oxygen atoms in total. The SMILES string of the molecule is CCCCN(CCCC)c1ccc2cc(/C=C/c3cc[n+](CCCS(=O)(=O)O)cc3)ccc2c1. The molecule has 182 valence electrons. The number of nitrogens with zero attached hydrogens (tertiary/aromatic N) is 2. The highest BCUT2D eigenvalue weighted by molar-refractivity contribution is 7.85. The van der Waals surface area contributed by atoms with Crippen molar-refractivity contribution in [1.82, 2.24) is 0 Å². The number of pyridine rings is 1. The Morgan fingerprint density at radius 3 is 2.09 bits per heavy atom. The Morgan fingerprint density at radius 2 is 1.44 bits per heavy atom. The number of rotatable bonds is 13. The zero-order chi connectivity index (χ0) is 24.4. The summed E-state index contributed by atoms with van der Waals surface area (Å²) >= 11 is 0. The van der Waals surface area contributed by atoms with E-state index >= 15 is 0 Å². The minimum atomic E-state index is -3.90. The minimum absolute atomic E-state index is 0.222. The van der Waals surface area contributed by atoms with Crippen LogP contribution < -0.4 is 9.47 Å². The first-order valence-corrected chi connectivity index (χ1v) is 13.9. The Labute approximate surface area is 204 Å². The van der Waals surface area contributed by atoms with E-state index in [1.165, 1.54) is 42.1 Å². The molecule has 0 fully saturated rings. The molecule has 0 aliphatic rings. The molecule has 3 rings (SSSR count). The molecule has 0 spiro atoms. The van der Waals surface area contributed by atoms with Crippen molar-refractivity contribution in [2.75, 3.05) is 23.7 Å². The monoisotopic (exact) mass is 481 g/mol. The van der Waals surface area contributed by atoms with Crippen molar-refractivity contribution in [2.45, 2.75) is 52.5 Å². The summed E-state index contributed by atoms with van der Waals surface area (Å²) < 4.78 is 32.4. The maximum atomic E-state index is 10.8. The molecule has 0 aliphatic carbocycles. The molecule has 0 saturated heterocycles. The third-order valence-corrected chi connectivity index (χ3v) is 6.78. The third-order valence-electron chi connectivity index (χ3n) is 5.98. The van der Waals surface area contributed by atoms with Crippen LogP contribution in [0.1, 0.15) is 57.1 Å². The van der Waals surface area contributed by atoms with Crippen LogP contribution in [0.4, 0.5) is 5.69 Å². The van der Waals surface area contributed by atoms with E-state index in [0.29, 0.717) is 13.0 Å². The normalized spacial score (nSPS) is 12.0. The molecule has 3 aromatic rings. The van der Waals surface area contributed by atoms with Crippen molar-refractivity contribution in [1.29, 1.82) is 0 Å². The van der Waals surface area contributed by atoms with Gasteiger partial charge in [0.15, 0.2) is 12.4 Å². The molecule has 0 unspecified atom stereocenters. The molecule has 1 heterocycles. The fourth-order valence-corrected chi connectivity index (χ4v) is 4.46. The highest BCUT2D eigenvalue weighted by atomic mass is 32.2. The number of aryl methyl sites for hydroxylation is 1. The number of aromatic nitrogens is 1. The van der Waals surface area contributed by atoms with Gasteiger partial charge >= 0.3 is 0 Å². The van der Waals surface area contributed by atoms with Gasteiger partial charge in [0.25, 0.3) is 10.1 Å². The lowest BCUT2D eigenvalue weighted by molar-refractivity contribution is -0.696. The van der Waals surface area contributed by atoms with Crippen LogP contribution in [0.3, 0.4) is 0 Å². The van der Waals surface area contributed by atoms with E-state index in [4.69, 9.17) is 4.55 Å². The maximum absolute atomic E-state index is 10.8. The molecule has 2 aromatic carbocycles. The van der Waals surface area contributed by atoms with Gasteiger partial charge in [0.2, 0.25) is 0 Å². The molecule has 6 heteroatoms. The lowest BCUT2D eigenvalue weighted by atomic mass is 10.0. The molecule has 0 aliphatic heterocycles. The highest BCUT2D eigenvalue weighted by Gasteiger charge is 2.08. The number of hydrogen-bond donors (Lipinski definition) is 1. The van der Waals surface area contributed by atoms with Gasteiger partial charge < -0.3 is 4.90 Å². The Balaban J connectivity index is 1.66. The van der Waals surface area contributed by atoms with Gasteiger partial charge in [-0.2, -0.15) is 8.42 Å². The summed E-state index contributed by atoms with van der Waals surface area (Å²) in [5.74, 6) is -0.222. The van der Waals surface area contributed by atoms with Crippen LogP contribution in [0, 0.1) is 0 Å². The molecule has 1 N–H and O–H groups in total. The molecule has 0 bridgehead atoms. The third kappa shape index (κ3) is 8.26. The smallest absolute Gasteiger partial charge is 0.265 e. The van der Waals surface area contributed by atoms with Gasteiger partial charge in [0, 0.05) is 37.3 Å². The van der Waals surface area contributed by atoms with Gasteiger partial charge in [-0.15, -0.1) is 0 Å². The van der Waals surface area contributed by atoms with E-state index in [1.807, 2.05) is 29.1 Å². The molecular weight excluding hydrogens is 444 g/mol. The van der Waals surface area contributed by atoms with Crippen LogP contribution >= 0.6 is 0 Å². The fraction of sp³-hybridized carbons (Fsp3) is 0.393. The van der Waals surface area contributed by atoms with Crippen molar-refractivity contribution < 1.29 is 17.5 Å². The van der Waals surface area contributed by atoms with E-state index in [0.717, 1.165) is 24.2 Å². The summed E-state index contributed by atoms with van der Waals surface area (Å²) in [5.41, 5.74) is 3.54. The fourth-order valence-electron chi connectivity index (χ4n) is 3.97. The minimum Gasteiger partial charge on any atom is -0.372 e. The zero-order valence-corrected chi connectivity index (χ0v) is 21.2. The number of hydrogen-bond acceptors (Lipinski definition) is 3. The molecule has 0 radical (unpaired) electrons. The van der Waals surface area contributed by atoms with Crippen LogP contribution in [0.25, 0.3) is 22.9 Å². The Bertz CT molecular complexity index is 1180. The van der Waals surface area contributed by atoms with Crippen LogP contribution in [0.2, 0.25) is 0 Å². The zero-order valence-electron chi connectivity index (χ0n) is 20.4. The summed E-state index contributed by atoms with van der Waals surface area (Å²) in [4.78, 5) is 2.52. The first-order chi connectivity index (χ1) is 16.4. The summed E-state index contributed by atoms with van der Waals surface area (Å²) in [6.07, 6.45) is 13.3. The molecule has 0 atom stereocenters. The van der Waals surface area contributed by atoms with Gasteiger partial charge in [0.05, 0.1) is 5.75 Å². The van der Waals surface area contributed by atoms with Gasteiger partial charge in [-0.1, -0.05) is 57.0 Å². The molecular formula is C28H37N2O3S+. The predicted octanol–water partition coefficient (Wildman–Crippen LogP) is 5.98. The predicted molar refractivity (Wildman–Crippen MR) is 143 cm³/mol. The Kier molecular flexibility index (Phi) is 9.66. The second kappa shape index (κ2) is 12.7. The number of fused-ring (bicyclic) bond motifs is 1. The Hall–Kier alpha value is -2.70. The molecule has 34 heavy (non-hydrogen) atoms. The average molecular weight is 482 g/mol. The molecule has 1 aromatic heterocycles. The summed E-state index contributed by atoms with van der Waals surface area (Å²) in [7, 11) is -3.90. The number of benzene rings is 2. The highest BCUT2D eigenvalue weighted by Crippen LogP contribution is 2.25. The summed E-state index contributed by atoms with van der Waals surface area (Å²) in [6, 6.07) is 17.4. The molecule has 0 saturated carbocycles. The van der Waals surface area contributed by atoms with Gasteiger partial charge in [-0.3, -0.25) is 4.55 Å². The van der Waals surface area contributed by atoms with Crippen LogP contribution in [-0.4, -0.2) is 31.8 Å².